The van der Waals surface area contributed by atoms with Crippen molar-refractivity contribution in [2.45, 2.75) is 19.6 Å². The summed E-state index contributed by atoms with van der Waals surface area (Å²) >= 11 is 0. The third-order valence-corrected chi connectivity index (χ3v) is 3.29. The van der Waals surface area contributed by atoms with E-state index in [0.717, 1.165) is 12.8 Å². The van der Waals surface area contributed by atoms with E-state index in [1.54, 1.807) is 12.3 Å². The molecule has 0 N–H and O–H groups in total. The van der Waals surface area contributed by atoms with Gasteiger partial charge < -0.3 is 9.64 Å². The molecule has 7 nitrogen and oxygen atoms in total. The van der Waals surface area contributed by atoms with Gasteiger partial charge in [0.2, 0.25) is 5.95 Å². The average molecular weight is 287 g/mol. The van der Waals surface area contributed by atoms with E-state index in [9.17, 15) is 8.42 Å². The lowest BCUT2D eigenvalue weighted by atomic mass is 10.3. The number of hydrogen-bond acceptors (Lipinski definition) is 7. The molecule has 1 aromatic heterocycles. The topological polar surface area (TPSA) is 81.6 Å². The van der Waals surface area contributed by atoms with Crippen LogP contribution in [0.25, 0.3) is 0 Å². The maximum Gasteiger partial charge on any atom is 0.264 e. The van der Waals surface area contributed by atoms with Gasteiger partial charge in [0.1, 0.15) is 6.61 Å². The average Bonchev–Trinajstić information content (AvgIpc) is 2.36. The molecular formula is C11H17N3O4S. The molecule has 1 aliphatic heterocycles. The number of aromatic nitrogens is 2. The summed E-state index contributed by atoms with van der Waals surface area (Å²) in [4.78, 5) is 10.6. The molecule has 106 valence electrons. The van der Waals surface area contributed by atoms with Crippen LogP contribution in [0.1, 0.15) is 12.6 Å². The fourth-order valence-electron chi connectivity index (χ4n) is 1.79. The predicted molar refractivity (Wildman–Crippen MR) is 69.3 cm³/mol. The zero-order valence-corrected chi connectivity index (χ0v) is 11.8. The van der Waals surface area contributed by atoms with Crippen LogP contribution in [0.3, 0.4) is 0 Å². The van der Waals surface area contributed by atoms with Gasteiger partial charge in [-0.05, 0) is 13.0 Å². The highest BCUT2D eigenvalue weighted by Gasteiger charge is 2.21. The smallest absolute Gasteiger partial charge is 0.264 e. The molecule has 2 rings (SSSR count). The largest absolute Gasteiger partial charge is 0.377 e. The van der Waals surface area contributed by atoms with Crippen LogP contribution in [-0.2, 0) is 25.6 Å². The molecule has 1 fully saturated rings. The minimum Gasteiger partial charge on any atom is -0.377 e. The van der Waals surface area contributed by atoms with Gasteiger partial charge in [0.25, 0.3) is 10.1 Å². The lowest BCUT2D eigenvalue weighted by Crippen LogP contribution is -2.44. The Balaban J connectivity index is 2.10. The third-order valence-electron chi connectivity index (χ3n) is 2.75. The van der Waals surface area contributed by atoms with Crippen molar-refractivity contribution >= 4 is 16.1 Å². The molecule has 0 bridgehead atoms. The Morgan fingerprint density at radius 3 is 3.05 bits per heavy atom. The SMILES string of the molecule is CC1COCCN1c1nccc(COS(C)(=O)=O)n1. The quantitative estimate of drug-likeness (QED) is 0.730. The van der Waals surface area contributed by atoms with Crippen LogP contribution in [0.15, 0.2) is 12.3 Å². The first-order chi connectivity index (χ1) is 8.96. The van der Waals surface area contributed by atoms with E-state index in [0.29, 0.717) is 24.9 Å². The predicted octanol–water partition coefficient (Wildman–Crippen LogP) is 0.178. The van der Waals surface area contributed by atoms with Gasteiger partial charge in [-0.15, -0.1) is 0 Å². The molecule has 1 aliphatic rings. The Labute approximate surface area is 112 Å². The van der Waals surface area contributed by atoms with E-state index in [1.807, 2.05) is 11.8 Å². The number of rotatable bonds is 4. The molecular weight excluding hydrogens is 270 g/mol. The summed E-state index contributed by atoms with van der Waals surface area (Å²) in [5.41, 5.74) is 0.536. The van der Waals surface area contributed by atoms with Gasteiger partial charge in [0.05, 0.1) is 31.2 Å². The van der Waals surface area contributed by atoms with Crippen LogP contribution in [0.4, 0.5) is 5.95 Å². The highest BCUT2D eigenvalue weighted by Crippen LogP contribution is 2.15. The maximum absolute atomic E-state index is 11.0. The summed E-state index contributed by atoms with van der Waals surface area (Å²) in [6.45, 7) is 3.94. The van der Waals surface area contributed by atoms with Crippen LogP contribution in [-0.4, -0.2) is 50.4 Å². The van der Waals surface area contributed by atoms with Crippen molar-refractivity contribution in [3.63, 3.8) is 0 Å². The van der Waals surface area contributed by atoms with Gasteiger partial charge in [-0.3, -0.25) is 4.18 Å². The van der Waals surface area contributed by atoms with E-state index in [2.05, 4.69) is 9.97 Å². The molecule has 0 aromatic carbocycles. The summed E-state index contributed by atoms with van der Waals surface area (Å²) in [6.07, 6.45) is 2.62. The number of hydrogen-bond donors (Lipinski definition) is 0. The van der Waals surface area contributed by atoms with E-state index in [1.165, 1.54) is 0 Å². The highest BCUT2D eigenvalue weighted by atomic mass is 32.2. The van der Waals surface area contributed by atoms with Crippen molar-refractivity contribution in [1.29, 1.82) is 0 Å². The summed E-state index contributed by atoms with van der Waals surface area (Å²) in [5.74, 6) is 0.574. The van der Waals surface area contributed by atoms with Gasteiger partial charge in [0.15, 0.2) is 0 Å². The summed E-state index contributed by atoms with van der Waals surface area (Å²) in [6, 6.07) is 1.83. The normalized spacial score (nSPS) is 20.5. The van der Waals surface area contributed by atoms with Gasteiger partial charge in [-0.2, -0.15) is 8.42 Å². The lowest BCUT2D eigenvalue weighted by molar-refractivity contribution is 0.0980. The number of anilines is 1. The second-order valence-corrected chi connectivity index (χ2v) is 6.08. The van der Waals surface area contributed by atoms with Crippen molar-refractivity contribution in [2.24, 2.45) is 0 Å². The Bertz CT molecular complexity index is 534. The summed E-state index contributed by atoms with van der Waals surface area (Å²) in [7, 11) is -3.46. The van der Waals surface area contributed by atoms with Gasteiger partial charge in [-0.25, -0.2) is 9.97 Å². The van der Waals surface area contributed by atoms with Crippen LogP contribution >= 0.6 is 0 Å². The van der Waals surface area contributed by atoms with E-state index in [-0.39, 0.29) is 12.6 Å². The first-order valence-corrected chi connectivity index (χ1v) is 7.78. The molecule has 0 radical (unpaired) electrons. The van der Waals surface area contributed by atoms with E-state index < -0.39 is 10.1 Å². The van der Waals surface area contributed by atoms with Crippen LogP contribution in [0.2, 0.25) is 0 Å². The Hall–Kier alpha value is -1.25. The molecule has 2 heterocycles. The minimum atomic E-state index is -3.46. The van der Waals surface area contributed by atoms with Crippen LogP contribution in [0, 0.1) is 0 Å². The van der Waals surface area contributed by atoms with Crippen molar-refractivity contribution in [1.82, 2.24) is 9.97 Å². The fourth-order valence-corrected chi connectivity index (χ4v) is 2.13. The molecule has 19 heavy (non-hydrogen) atoms. The zero-order valence-electron chi connectivity index (χ0n) is 10.9. The number of morpholine rings is 1. The first kappa shape index (κ1) is 14.2. The third kappa shape index (κ3) is 4.12. The monoisotopic (exact) mass is 287 g/mol. The van der Waals surface area contributed by atoms with Crippen molar-refractivity contribution < 1.29 is 17.3 Å². The van der Waals surface area contributed by atoms with Crippen molar-refractivity contribution in [3.05, 3.63) is 18.0 Å². The van der Waals surface area contributed by atoms with Crippen LogP contribution in [0.5, 0.6) is 0 Å². The van der Waals surface area contributed by atoms with E-state index in [4.69, 9.17) is 8.92 Å². The molecule has 1 unspecified atom stereocenters. The van der Waals surface area contributed by atoms with Gasteiger partial charge in [-0.1, -0.05) is 0 Å². The molecule has 1 atom stereocenters. The molecule has 0 saturated carbocycles. The second-order valence-electron chi connectivity index (χ2n) is 4.43. The number of nitrogens with zero attached hydrogens (tertiary/aromatic N) is 3. The summed E-state index contributed by atoms with van der Waals surface area (Å²) < 4.78 is 32.0. The lowest BCUT2D eigenvalue weighted by Gasteiger charge is -2.33. The Morgan fingerprint density at radius 1 is 1.58 bits per heavy atom. The Morgan fingerprint density at radius 2 is 2.37 bits per heavy atom. The number of ether oxygens (including phenoxy) is 1. The minimum absolute atomic E-state index is 0.0763. The van der Waals surface area contributed by atoms with Crippen LogP contribution < -0.4 is 4.90 Å². The standard InChI is InChI=1S/C11H17N3O4S/c1-9-7-17-6-5-14(9)11-12-4-3-10(13-11)8-18-19(2,15)16/h3-4,9H,5-8H2,1-2H3. The fraction of sp³-hybridized carbons (Fsp3) is 0.636. The molecule has 1 saturated heterocycles. The highest BCUT2D eigenvalue weighted by molar-refractivity contribution is 7.85. The molecule has 8 heteroatoms. The maximum atomic E-state index is 11.0. The van der Waals surface area contributed by atoms with Crippen molar-refractivity contribution in [3.8, 4) is 0 Å². The second kappa shape index (κ2) is 5.81. The zero-order chi connectivity index (χ0) is 13.9. The molecule has 0 amide bonds. The van der Waals surface area contributed by atoms with Crippen molar-refractivity contribution in [2.75, 3.05) is 30.9 Å². The Kier molecular flexibility index (Phi) is 4.33. The first-order valence-electron chi connectivity index (χ1n) is 5.96. The summed E-state index contributed by atoms with van der Waals surface area (Å²) in [5, 5.41) is 0. The molecule has 1 aromatic rings. The molecule has 0 spiro atoms. The van der Waals surface area contributed by atoms with Gasteiger partial charge >= 0.3 is 0 Å². The molecule has 0 aliphatic carbocycles. The van der Waals surface area contributed by atoms with Gasteiger partial charge in [0, 0.05) is 12.7 Å². The van der Waals surface area contributed by atoms with E-state index >= 15 is 0 Å².